The molecule has 0 spiro atoms. The van der Waals surface area contributed by atoms with Gasteiger partial charge in [-0.1, -0.05) is 30.3 Å². The summed E-state index contributed by atoms with van der Waals surface area (Å²) in [5.74, 6) is 1.06. The first-order chi connectivity index (χ1) is 10.3. The van der Waals surface area contributed by atoms with Gasteiger partial charge >= 0.3 is 0 Å². The van der Waals surface area contributed by atoms with E-state index >= 15 is 0 Å². The maximum absolute atomic E-state index is 12.2. The molecule has 0 fully saturated rings. The van der Waals surface area contributed by atoms with Crippen molar-refractivity contribution in [2.24, 2.45) is 0 Å². The average Bonchev–Trinajstić information content (AvgIpc) is 2.48. The summed E-state index contributed by atoms with van der Waals surface area (Å²) in [6.45, 7) is 3.46. The van der Waals surface area contributed by atoms with Crippen molar-refractivity contribution in [3.63, 3.8) is 0 Å². The second kappa shape index (κ2) is 5.95. The Hall–Kier alpha value is -2.36. The Labute approximate surface area is 124 Å². The largest absolute Gasteiger partial charge is 0.370 e. The molecule has 0 saturated carbocycles. The third-order valence-electron chi connectivity index (χ3n) is 3.81. The molecule has 0 radical (unpaired) electrons. The molecule has 0 aliphatic heterocycles. The van der Waals surface area contributed by atoms with E-state index in [1.807, 2.05) is 25.1 Å². The first kappa shape index (κ1) is 13.6. The number of nitrogens with one attached hydrogen (secondary N) is 2. The molecule has 4 nitrogen and oxygen atoms in total. The number of rotatable bonds is 5. The molecule has 0 saturated heterocycles. The molecule has 21 heavy (non-hydrogen) atoms. The fourth-order valence-corrected chi connectivity index (χ4v) is 2.69. The van der Waals surface area contributed by atoms with Gasteiger partial charge in [0.25, 0.3) is 5.91 Å². The van der Waals surface area contributed by atoms with Crippen LogP contribution in [0.4, 0.5) is 5.82 Å². The van der Waals surface area contributed by atoms with E-state index in [-0.39, 0.29) is 5.91 Å². The molecular formula is C17H19N3O. The van der Waals surface area contributed by atoms with Crippen LogP contribution < -0.4 is 10.6 Å². The van der Waals surface area contributed by atoms with Crippen molar-refractivity contribution in [1.29, 1.82) is 0 Å². The summed E-state index contributed by atoms with van der Waals surface area (Å²) in [6.07, 6.45) is 1.04. The van der Waals surface area contributed by atoms with Gasteiger partial charge in [-0.3, -0.25) is 4.79 Å². The van der Waals surface area contributed by atoms with Gasteiger partial charge in [-0.05, 0) is 36.6 Å². The van der Waals surface area contributed by atoms with Gasteiger partial charge in [0.05, 0.1) is 0 Å². The monoisotopic (exact) mass is 281 g/mol. The highest BCUT2D eigenvalue weighted by Gasteiger charge is 2.25. The molecular weight excluding hydrogens is 262 g/mol. The Bertz CT molecular complexity index is 654. The first-order valence-corrected chi connectivity index (χ1v) is 7.35. The van der Waals surface area contributed by atoms with Gasteiger partial charge in [0.1, 0.15) is 11.5 Å². The second-order valence-electron chi connectivity index (χ2n) is 5.25. The van der Waals surface area contributed by atoms with E-state index in [0.717, 1.165) is 18.8 Å². The topological polar surface area (TPSA) is 54.0 Å². The van der Waals surface area contributed by atoms with Gasteiger partial charge in [-0.2, -0.15) is 0 Å². The lowest BCUT2D eigenvalue weighted by Crippen LogP contribution is -2.33. The predicted octanol–water partition coefficient (Wildman–Crippen LogP) is 2.58. The van der Waals surface area contributed by atoms with Crippen LogP contribution in [0.5, 0.6) is 0 Å². The molecule has 108 valence electrons. The van der Waals surface area contributed by atoms with Gasteiger partial charge in [0.2, 0.25) is 0 Å². The molecule has 1 unspecified atom stereocenters. The number of hydrogen-bond donors (Lipinski definition) is 2. The van der Waals surface area contributed by atoms with Crippen molar-refractivity contribution in [1.82, 2.24) is 10.3 Å². The number of anilines is 1. The minimum absolute atomic E-state index is 0.112. The molecule has 1 aliphatic rings. The molecule has 2 N–H and O–H groups in total. The van der Waals surface area contributed by atoms with Crippen molar-refractivity contribution in [2.45, 2.75) is 19.3 Å². The van der Waals surface area contributed by atoms with Crippen LogP contribution in [0.25, 0.3) is 0 Å². The molecule has 1 atom stereocenters. The van der Waals surface area contributed by atoms with E-state index in [1.54, 1.807) is 6.07 Å². The minimum Gasteiger partial charge on any atom is -0.370 e. The van der Waals surface area contributed by atoms with Crippen molar-refractivity contribution in [3.8, 4) is 0 Å². The molecule has 1 heterocycles. The summed E-state index contributed by atoms with van der Waals surface area (Å²) in [7, 11) is 0. The van der Waals surface area contributed by atoms with E-state index in [4.69, 9.17) is 0 Å². The Balaban J connectivity index is 1.59. The fraction of sp³-hybridized carbons (Fsp3) is 0.294. The number of carbonyl (C=O) groups excluding carboxylic acids is 1. The highest BCUT2D eigenvalue weighted by molar-refractivity contribution is 5.92. The summed E-state index contributed by atoms with van der Waals surface area (Å²) in [4.78, 5) is 16.5. The van der Waals surface area contributed by atoms with Crippen molar-refractivity contribution >= 4 is 11.7 Å². The van der Waals surface area contributed by atoms with Crippen LogP contribution in [-0.4, -0.2) is 24.0 Å². The number of nitrogens with zero attached hydrogens (tertiary/aromatic N) is 1. The molecule has 3 rings (SSSR count). The number of pyridine rings is 1. The standard InChI is InChI=1S/C17H19N3O/c1-2-18-16-9-5-8-15(20-16)17(21)19-11-13-10-12-6-3-4-7-14(12)13/h3-9,13H,2,10-11H2,1H3,(H,18,20)(H,19,21). The van der Waals surface area contributed by atoms with E-state index in [2.05, 4.69) is 33.8 Å². The van der Waals surface area contributed by atoms with Gasteiger partial charge in [-0.25, -0.2) is 4.98 Å². The van der Waals surface area contributed by atoms with Crippen LogP contribution in [0, 0.1) is 0 Å². The Morgan fingerprint density at radius 2 is 2.10 bits per heavy atom. The number of amides is 1. The van der Waals surface area contributed by atoms with Crippen molar-refractivity contribution in [2.75, 3.05) is 18.4 Å². The summed E-state index contributed by atoms with van der Waals surface area (Å²) in [5, 5.41) is 6.09. The highest BCUT2D eigenvalue weighted by Crippen LogP contribution is 2.33. The molecule has 4 heteroatoms. The molecule has 1 aliphatic carbocycles. The zero-order chi connectivity index (χ0) is 14.7. The van der Waals surface area contributed by atoms with Crippen LogP contribution in [0.3, 0.4) is 0 Å². The van der Waals surface area contributed by atoms with Crippen LogP contribution in [0.1, 0.15) is 34.5 Å². The Morgan fingerprint density at radius 1 is 1.24 bits per heavy atom. The molecule has 1 aromatic heterocycles. The normalized spacial score (nSPS) is 15.8. The molecule has 0 bridgehead atoms. The smallest absolute Gasteiger partial charge is 0.269 e. The number of fused-ring (bicyclic) bond motifs is 1. The summed E-state index contributed by atoms with van der Waals surface area (Å²) >= 11 is 0. The van der Waals surface area contributed by atoms with E-state index in [0.29, 0.717) is 18.2 Å². The van der Waals surface area contributed by atoms with Gasteiger partial charge in [0.15, 0.2) is 0 Å². The average molecular weight is 281 g/mol. The van der Waals surface area contributed by atoms with Crippen LogP contribution >= 0.6 is 0 Å². The number of carbonyl (C=O) groups is 1. The van der Waals surface area contributed by atoms with Crippen LogP contribution in [0.2, 0.25) is 0 Å². The van der Waals surface area contributed by atoms with Crippen LogP contribution in [-0.2, 0) is 6.42 Å². The maximum atomic E-state index is 12.2. The first-order valence-electron chi connectivity index (χ1n) is 7.35. The van der Waals surface area contributed by atoms with Crippen molar-refractivity contribution in [3.05, 3.63) is 59.3 Å². The Morgan fingerprint density at radius 3 is 2.90 bits per heavy atom. The lowest BCUT2D eigenvalue weighted by molar-refractivity contribution is 0.0945. The summed E-state index contributed by atoms with van der Waals surface area (Å²) < 4.78 is 0. The maximum Gasteiger partial charge on any atom is 0.269 e. The molecule has 1 amide bonds. The summed E-state index contributed by atoms with van der Waals surface area (Å²) in [5.41, 5.74) is 3.21. The zero-order valence-electron chi connectivity index (χ0n) is 12.1. The Kier molecular flexibility index (Phi) is 3.86. The predicted molar refractivity (Wildman–Crippen MR) is 83.6 cm³/mol. The van der Waals surface area contributed by atoms with Crippen LogP contribution in [0.15, 0.2) is 42.5 Å². The lowest BCUT2D eigenvalue weighted by atomic mass is 9.77. The number of benzene rings is 1. The molecule has 2 aromatic rings. The van der Waals surface area contributed by atoms with Gasteiger partial charge in [-0.15, -0.1) is 0 Å². The molecule has 1 aromatic carbocycles. The quantitative estimate of drug-likeness (QED) is 0.885. The third kappa shape index (κ3) is 2.89. The number of aromatic nitrogens is 1. The minimum atomic E-state index is -0.112. The number of hydrogen-bond acceptors (Lipinski definition) is 3. The lowest BCUT2D eigenvalue weighted by Gasteiger charge is -2.30. The van der Waals surface area contributed by atoms with Gasteiger partial charge < -0.3 is 10.6 Å². The van der Waals surface area contributed by atoms with E-state index in [1.165, 1.54) is 11.1 Å². The second-order valence-corrected chi connectivity index (χ2v) is 5.25. The fourth-order valence-electron chi connectivity index (χ4n) is 2.69. The summed E-state index contributed by atoms with van der Waals surface area (Å²) in [6, 6.07) is 13.8. The van der Waals surface area contributed by atoms with Crippen molar-refractivity contribution < 1.29 is 4.79 Å². The van der Waals surface area contributed by atoms with E-state index < -0.39 is 0 Å². The zero-order valence-corrected chi connectivity index (χ0v) is 12.1. The van der Waals surface area contributed by atoms with E-state index in [9.17, 15) is 4.79 Å². The highest BCUT2D eigenvalue weighted by atomic mass is 16.1. The van der Waals surface area contributed by atoms with Gasteiger partial charge in [0, 0.05) is 19.0 Å². The third-order valence-corrected chi connectivity index (χ3v) is 3.81. The SMILES string of the molecule is CCNc1cccc(C(=O)NCC2Cc3ccccc32)n1.